The molecule has 3 atom stereocenters. The van der Waals surface area contributed by atoms with Gasteiger partial charge >= 0.3 is 0 Å². The van der Waals surface area contributed by atoms with Gasteiger partial charge in [-0.1, -0.05) is 0 Å². The molecule has 3 unspecified atom stereocenters. The number of benzene rings is 1. The number of hydrogen-bond donors (Lipinski definition) is 2. The first-order valence-corrected chi connectivity index (χ1v) is 9.70. The predicted octanol–water partition coefficient (Wildman–Crippen LogP) is 2.50. The molecule has 0 aliphatic carbocycles. The molecular weight excluding hydrogens is 369 g/mol. The molecule has 0 spiro atoms. The molecule has 5 nitrogen and oxygen atoms in total. The van der Waals surface area contributed by atoms with Gasteiger partial charge < -0.3 is 15.5 Å². The number of nitrogens with zero attached hydrogens (tertiary/aromatic N) is 1. The lowest BCUT2D eigenvalue weighted by Gasteiger charge is -2.35. The van der Waals surface area contributed by atoms with E-state index in [0.717, 1.165) is 25.7 Å². The number of nitrogens with one attached hydrogen (secondary N) is 2. The van der Waals surface area contributed by atoms with Crippen LogP contribution in [0.3, 0.4) is 0 Å². The van der Waals surface area contributed by atoms with E-state index in [4.69, 9.17) is 0 Å². The van der Waals surface area contributed by atoms with Crippen LogP contribution in [-0.4, -0.2) is 47.9 Å². The van der Waals surface area contributed by atoms with E-state index in [-0.39, 0.29) is 42.0 Å². The highest BCUT2D eigenvalue weighted by atomic mass is 35.5. The maximum atomic E-state index is 13.1. The number of fused-ring (bicyclic) bond motifs is 2. The Morgan fingerprint density at radius 3 is 2.41 bits per heavy atom. The molecule has 3 aliphatic rings. The summed E-state index contributed by atoms with van der Waals surface area (Å²) in [5, 5.41) is 6.82. The van der Waals surface area contributed by atoms with Crippen LogP contribution in [0.2, 0.25) is 0 Å². The number of likely N-dealkylation sites (tertiary alicyclic amines) is 1. The van der Waals surface area contributed by atoms with Crippen LogP contribution in [0.15, 0.2) is 24.3 Å². The van der Waals surface area contributed by atoms with E-state index >= 15 is 0 Å². The Labute approximate surface area is 165 Å². The lowest BCUT2D eigenvalue weighted by molar-refractivity contribution is -0.127. The van der Waals surface area contributed by atoms with Crippen molar-refractivity contribution in [2.45, 2.75) is 56.7 Å². The molecule has 2 bridgehead atoms. The minimum atomic E-state index is -0.353. The Bertz CT molecular complexity index is 672. The summed E-state index contributed by atoms with van der Waals surface area (Å²) in [5.74, 6) is -0.551. The van der Waals surface area contributed by atoms with E-state index in [1.807, 2.05) is 0 Å². The fraction of sp³-hybridized carbons (Fsp3) is 0.600. The lowest BCUT2D eigenvalue weighted by atomic mass is 9.94. The van der Waals surface area contributed by atoms with Crippen molar-refractivity contribution in [2.24, 2.45) is 5.92 Å². The third-order valence-electron chi connectivity index (χ3n) is 5.99. The van der Waals surface area contributed by atoms with Crippen molar-refractivity contribution in [3.63, 3.8) is 0 Å². The smallest absolute Gasteiger partial charge is 0.253 e. The number of piperidine rings is 2. The summed E-state index contributed by atoms with van der Waals surface area (Å²) in [4.78, 5) is 27.1. The summed E-state index contributed by atoms with van der Waals surface area (Å²) < 4.78 is 13.1. The standard InChI is InChI=1S/C20H26FN3O2.ClH/c21-15-5-3-13(4-6-15)20(26)24-9-1-2-14(12-24)19(25)23-18-10-16-7-8-17(11-18)22-16;/h3-6,14,16-18,22H,1-2,7-12H2,(H,23,25);1H. The second kappa shape index (κ2) is 8.57. The first-order chi connectivity index (χ1) is 12.6. The van der Waals surface area contributed by atoms with Crippen molar-refractivity contribution >= 4 is 24.2 Å². The highest BCUT2D eigenvalue weighted by Gasteiger charge is 2.36. The van der Waals surface area contributed by atoms with Crippen molar-refractivity contribution in [1.29, 1.82) is 0 Å². The quantitative estimate of drug-likeness (QED) is 0.826. The Balaban J connectivity index is 0.00000210. The minimum Gasteiger partial charge on any atom is -0.353 e. The van der Waals surface area contributed by atoms with E-state index in [0.29, 0.717) is 30.7 Å². The van der Waals surface area contributed by atoms with Crippen LogP contribution in [0, 0.1) is 11.7 Å². The molecule has 3 saturated heterocycles. The first-order valence-electron chi connectivity index (χ1n) is 9.70. The SMILES string of the molecule is Cl.O=C(NC1CC2CCC(C1)N2)C1CCCN(C(=O)c2ccc(F)cc2)C1. The molecule has 7 heteroatoms. The topological polar surface area (TPSA) is 61.4 Å². The van der Waals surface area contributed by atoms with Gasteiger partial charge in [-0.05, 0) is 62.8 Å². The second-order valence-corrected chi connectivity index (χ2v) is 7.91. The third-order valence-corrected chi connectivity index (χ3v) is 5.99. The van der Waals surface area contributed by atoms with Gasteiger partial charge in [0.1, 0.15) is 5.82 Å². The molecule has 3 fully saturated rings. The minimum absolute atomic E-state index is 0. The molecule has 2 N–H and O–H groups in total. The average molecular weight is 396 g/mol. The van der Waals surface area contributed by atoms with Crippen molar-refractivity contribution in [3.8, 4) is 0 Å². The monoisotopic (exact) mass is 395 g/mol. The number of carbonyl (C=O) groups excluding carboxylic acids is 2. The molecule has 0 saturated carbocycles. The number of rotatable bonds is 3. The van der Waals surface area contributed by atoms with Crippen LogP contribution < -0.4 is 10.6 Å². The fourth-order valence-corrected chi connectivity index (χ4v) is 4.64. The summed E-state index contributed by atoms with van der Waals surface area (Å²) in [6.45, 7) is 1.09. The predicted molar refractivity (Wildman–Crippen MR) is 103 cm³/mol. The molecule has 2 amide bonds. The maximum Gasteiger partial charge on any atom is 0.253 e. The summed E-state index contributed by atoms with van der Waals surface area (Å²) in [6.07, 6.45) is 6.07. The largest absolute Gasteiger partial charge is 0.353 e. The van der Waals surface area contributed by atoms with Gasteiger partial charge in [0.25, 0.3) is 5.91 Å². The first kappa shape index (κ1) is 20.1. The number of hydrogen-bond acceptors (Lipinski definition) is 3. The van der Waals surface area contributed by atoms with E-state index in [1.54, 1.807) is 4.90 Å². The van der Waals surface area contributed by atoms with Gasteiger partial charge in [-0.2, -0.15) is 0 Å². The van der Waals surface area contributed by atoms with Gasteiger partial charge in [0, 0.05) is 36.8 Å². The number of amides is 2. The molecule has 0 radical (unpaired) electrons. The highest BCUT2D eigenvalue weighted by molar-refractivity contribution is 5.94. The van der Waals surface area contributed by atoms with Crippen LogP contribution in [0.1, 0.15) is 48.9 Å². The summed E-state index contributed by atoms with van der Waals surface area (Å²) >= 11 is 0. The molecule has 1 aromatic rings. The average Bonchev–Trinajstić information content (AvgIpc) is 3.00. The zero-order valence-corrected chi connectivity index (χ0v) is 16.1. The highest BCUT2D eigenvalue weighted by Crippen LogP contribution is 2.27. The van der Waals surface area contributed by atoms with Gasteiger partial charge in [-0.15, -0.1) is 12.4 Å². The van der Waals surface area contributed by atoms with Crippen molar-refractivity contribution < 1.29 is 14.0 Å². The van der Waals surface area contributed by atoms with Gasteiger partial charge in [0.05, 0.1) is 5.92 Å². The molecule has 4 rings (SSSR count). The third kappa shape index (κ3) is 4.61. The second-order valence-electron chi connectivity index (χ2n) is 7.91. The van der Waals surface area contributed by atoms with E-state index in [1.165, 1.54) is 37.1 Å². The number of carbonyl (C=O) groups is 2. The molecule has 0 aromatic heterocycles. The van der Waals surface area contributed by atoms with Crippen LogP contribution in [-0.2, 0) is 4.79 Å². The Kier molecular flexibility index (Phi) is 6.37. The lowest BCUT2D eigenvalue weighted by Crippen LogP contribution is -2.51. The van der Waals surface area contributed by atoms with E-state index in [9.17, 15) is 14.0 Å². The normalized spacial score (nSPS) is 29.7. The van der Waals surface area contributed by atoms with Crippen molar-refractivity contribution in [2.75, 3.05) is 13.1 Å². The Morgan fingerprint density at radius 2 is 1.74 bits per heavy atom. The molecule has 27 heavy (non-hydrogen) atoms. The molecule has 3 aliphatic heterocycles. The molecule has 148 valence electrons. The summed E-state index contributed by atoms with van der Waals surface area (Å²) in [7, 11) is 0. The molecule has 1 aromatic carbocycles. The molecular formula is C20H27ClFN3O2. The van der Waals surface area contributed by atoms with E-state index < -0.39 is 0 Å². The summed E-state index contributed by atoms with van der Waals surface area (Å²) in [5.41, 5.74) is 0.474. The summed E-state index contributed by atoms with van der Waals surface area (Å²) in [6, 6.07) is 6.95. The zero-order valence-electron chi connectivity index (χ0n) is 15.3. The Morgan fingerprint density at radius 1 is 1.07 bits per heavy atom. The maximum absolute atomic E-state index is 13.1. The van der Waals surface area contributed by atoms with E-state index in [2.05, 4.69) is 10.6 Å². The van der Waals surface area contributed by atoms with Crippen LogP contribution >= 0.6 is 12.4 Å². The van der Waals surface area contributed by atoms with Crippen LogP contribution in [0.5, 0.6) is 0 Å². The van der Waals surface area contributed by atoms with Gasteiger partial charge in [0.15, 0.2) is 0 Å². The number of halogens is 2. The molecule has 3 heterocycles. The zero-order chi connectivity index (χ0) is 18.1. The van der Waals surface area contributed by atoms with Crippen LogP contribution in [0.25, 0.3) is 0 Å². The van der Waals surface area contributed by atoms with Gasteiger partial charge in [-0.3, -0.25) is 9.59 Å². The van der Waals surface area contributed by atoms with Crippen molar-refractivity contribution in [3.05, 3.63) is 35.6 Å². The fourth-order valence-electron chi connectivity index (χ4n) is 4.64. The van der Waals surface area contributed by atoms with Gasteiger partial charge in [-0.25, -0.2) is 4.39 Å². The Hall–Kier alpha value is -1.66. The van der Waals surface area contributed by atoms with Crippen molar-refractivity contribution in [1.82, 2.24) is 15.5 Å². The van der Waals surface area contributed by atoms with Gasteiger partial charge in [0.2, 0.25) is 5.91 Å². The van der Waals surface area contributed by atoms with Crippen LogP contribution in [0.4, 0.5) is 4.39 Å².